The first-order valence-electron chi connectivity index (χ1n) is 31.9. The maximum Gasteiger partial charge on any atom is 0.306 e. The van der Waals surface area contributed by atoms with Crippen LogP contribution in [0.15, 0.2) is 48.6 Å². The van der Waals surface area contributed by atoms with Crippen molar-refractivity contribution in [2.45, 2.75) is 339 Å². The van der Waals surface area contributed by atoms with Crippen molar-refractivity contribution in [1.82, 2.24) is 5.32 Å². The number of aliphatic hydroxyl groups is 5. The molecule has 1 heterocycles. The molecule has 11 nitrogen and oxygen atoms in total. The van der Waals surface area contributed by atoms with Crippen molar-refractivity contribution in [2.75, 3.05) is 13.2 Å². The molecule has 6 N–H and O–H groups in total. The summed E-state index contributed by atoms with van der Waals surface area (Å²) in [4.78, 5) is 26.5. The van der Waals surface area contributed by atoms with E-state index >= 15 is 0 Å². The number of rotatable bonds is 54. The van der Waals surface area contributed by atoms with Gasteiger partial charge in [-0.15, -0.1) is 0 Å². The van der Waals surface area contributed by atoms with Crippen LogP contribution in [-0.2, 0) is 23.8 Å². The zero-order valence-electron chi connectivity index (χ0n) is 49.1. The van der Waals surface area contributed by atoms with E-state index in [1.54, 1.807) is 6.08 Å². The summed E-state index contributed by atoms with van der Waals surface area (Å²) in [5.74, 6) is -1.20. The Kier molecular flexibility index (Phi) is 50.2. The molecule has 11 heteroatoms. The number of amides is 1. The molecule has 0 bridgehead atoms. The van der Waals surface area contributed by atoms with E-state index in [-0.39, 0.29) is 13.0 Å². The van der Waals surface area contributed by atoms with Gasteiger partial charge in [0.05, 0.1) is 25.4 Å². The second kappa shape index (κ2) is 53.3. The van der Waals surface area contributed by atoms with E-state index in [4.69, 9.17) is 14.2 Å². The zero-order valence-corrected chi connectivity index (χ0v) is 49.1. The Balaban J connectivity index is 2.66. The van der Waals surface area contributed by atoms with E-state index in [1.807, 2.05) is 6.08 Å². The Morgan fingerprint density at radius 3 is 1.42 bits per heavy atom. The number of aliphatic hydroxyl groups excluding tert-OH is 5. The van der Waals surface area contributed by atoms with Crippen molar-refractivity contribution in [2.24, 2.45) is 0 Å². The molecule has 0 aromatic rings. The van der Waals surface area contributed by atoms with Gasteiger partial charge in [-0.25, -0.2) is 0 Å². The standard InChI is InChI=1S/C65H119NO10/c1-4-7-10-13-16-19-22-25-27-28-29-30-31-32-34-37-40-43-46-49-52-58(69)64(73)66-56(57(68)51-48-45-42-39-36-33-24-21-18-15-12-9-6-3)55-74-65-63(62(72)61(71)59(54-67)75-65)76-60(70)53-50-47-44-41-38-35-26-23-20-17-14-11-8-5-2/h8,11,17,20,25,27,48,51,56-59,61-63,65,67-69,71-72H,4-7,9-10,12-16,18-19,21-24,26,28-47,49-50,52-55H2,1-3H3,(H,66,73)/b11-8+,20-17+,27-25+,51-48+. The maximum atomic E-state index is 13.4. The molecule has 76 heavy (non-hydrogen) atoms. The Morgan fingerprint density at radius 2 is 0.947 bits per heavy atom. The quantitative estimate of drug-likeness (QED) is 0.0195. The number of carbonyl (C=O) groups excluding carboxylic acids is 2. The monoisotopic (exact) mass is 1070 g/mol. The molecule has 0 radical (unpaired) electrons. The first-order chi connectivity index (χ1) is 37.2. The van der Waals surface area contributed by atoms with Gasteiger partial charge < -0.3 is 45.1 Å². The van der Waals surface area contributed by atoms with Gasteiger partial charge in [-0.3, -0.25) is 9.59 Å². The fourth-order valence-corrected chi connectivity index (χ4v) is 9.92. The summed E-state index contributed by atoms with van der Waals surface area (Å²) >= 11 is 0. The second-order valence-electron chi connectivity index (χ2n) is 22.1. The van der Waals surface area contributed by atoms with Gasteiger partial charge in [0.15, 0.2) is 12.4 Å². The number of nitrogens with one attached hydrogen (secondary N) is 1. The Labute approximate surface area is 466 Å². The van der Waals surface area contributed by atoms with Crippen LogP contribution in [0.25, 0.3) is 0 Å². The number of hydrogen-bond donors (Lipinski definition) is 6. The van der Waals surface area contributed by atoms with Gasteiger partial charge >= 0.3 is 5.97 Å². The molecule has 1 saturated heterocycles. The van der Waals surface area contributed by atoms with E-state index in [1.165, 1.54) is 161 Å². The second-order valence-corrected chi connectivity index (χ2v) is 22.1. The molecule has 0 aliphatic carbocycles. The fourth-order valence-electron chi connectivity index (χ4n) is 9.92. The SMILES string of the molecule is CC/C=C/C/C=C/CCCCCCCCCC(=O)OC1C(OCC(NC(=O)C(O)CCCCCCCCCCCC/C=C/CCCCCCCC)C(O)/C=C/CCCCCCCCCCCCC)OC(CO)C(O)C1O. The van der Waals surface area contributed by atoms with Gasteiger partial charge in [-0.05, 0) is 77.0 Å². The van der Waals surface area contributed by atoms with Gasteiger partial charge in [0.25, 0.3) is 0 Å². The largest absolute Gasteiger partial charge is 0.454 e. The van der Waals surface area contributed by atoms with Crippen LogP contribution in [0, 0.1) is 0 Å². The van der Waals surface area contributed by atoms with Crippen LogP contribution in [-0.4, -0.2) is 99.6 Å². The first-order valence-corrected chi connectivity index (χ1v) is 31.9. The van der Waals surface area contributed by atoms with Crippen molar-refractivity contribution in [3.8, 4) is 0 Å². The predicted molar refractivity (Wildman–Crippen MR) is 315 cm³/mol. The van der Waals surface area contributed by atoms with Gasteiger partial charge in [0, 0.05) is 6.42 Å². The summed E-state index contributed by atoms with van der Waals surface area (Å²) in [6.07, 6.45) is 54.3. The summed E-state index contributed by atoms with van der Waals surface area (Å²) < 4.78 is 17.6. The highest BCUT2D eigenvalue weighted by Gasteiger charge is 2.47. The lowest BCUT2D eigenvalue weighted by Crippen LogP contribution is -2.61. The number of esters is 1. The summed E-state index contributed by atoms with van der Waals surface area (Å²) in [6, 6.07) is -1.02. The van der Waals surface area contributed by atoms with Crippen LogP contribution in [0.3, 0.4) is 0 Å². The lowest BCUT2D eigenvalue weighted by atomic mass is 9.99. The van der Waals surface area contributed by atoms with Gasteiger partial charge in [-0.2, -0.15) is 0 Å². The van der Waals surface area contributed by atoms with Crippen LogP contribution in [0.4, 0.5) is 0 Å². The highest BCUT2D eigenvalue weighted by Crippen LogP contribution is 2.26. The minimum atomic E-state index is -1.62. The molecule has 1 aliphatic heterocycles. The Morgan fingerprint density at radius 1 is 0.526 bits per heavy atom. The minimum Gasteiger partial charge on any atom is -0.454 e. The highest BCUT2D eigenvalue weighted by molar-refractivity contribution is 5.80. The first kappa shape index (κ1) is 71.6. The van der Waals surface area contributed by atoms with Gasteiger partial charge in [0.2, 0.25) is 5.91 Å². The van der Waals surface area contributed by atoms with Crippen molar-refractivity contribution >= 4 is 11.9 Å². The lowest BCUT2D eigenvalue weighted by molar-refractivity contribution is -0.305. The maximum absolute atomic E-state index is 13.4. The molecule has 0 aromatic carbocycles. The third kappa shape index (κ3) is 40.8. The summed E-state index contributed by atoms with van der Waals surface area (Å²) in [6.45, 7) is 5.69. The number of allylic oxidation sites excluding steroid dienone is 7. The molecule has 1 aliphatic rings. The van der Waals surface area contributed by atoms with E-state index in [2.05, 4.69) is 62.5 Å². The molecule has 0 spiro atoms. The van der Waals surface area contributed by atoms with Crippen molar-refractivity contribution < 1.29 is 49.3 Å². The average Bonchev–Trinajstić information content (AvgIpc) is 3.42. The number of hydrogen-bond acceptors (Lipinski definition) is 10. The molecular weight excluding hydrogens is 955 g/mol. The van der Waals surface area contributed by atoms with E-state index in [0.29, 0.717) is 19.3 Å². The molecule has 8 atom stereocenters. The van der Waals surface area contributed by atoms with Crippen LogP contribution < -0.4 is 5.32 Å². The van der Waals surface area contributed by atoms with Crippen molar-refractivity contribution in [1.29, 1.82) is 0 Å². The van der Waals surface area contributed by atoms with Crippen LogP contribution >= 0.6 is 0 Å². The molecule has 1 fully saturated rings. The van der Waals surface area contributed by atoms with E-state index in [9.17, 15) is 35.1 Å². The fraction of sp³-hybridized carbons (Fsp3) is 0.846. The normalized spacial score (nSPS) is 19.4. The summed E-state index contributed by atoms with van der Waals surface area (Å²) in [5, 5.41) is 57.0. The van der Waals surface area contributed by atoms with E-state index < -0.39 is 67.4 Å². The van der Waals surface area contributed by atoms with Crippen LogP contribution in [0.5, 0.6) is 0 Å². The molecule has 1 amide bonds. The number of carbonyl (C=O) groups is 2. The molecule has 444 valence electrons. The number of unbranched alkanes of at least 4 members (excludes halogenated alkanes) is 34. The van der Waals surface area contributed by atoms with Gasteiger partial charge in [0.1, 0.15) is 24.4 Å². The van der Waals surface area contributed by atoms with Crippen LogP contribution in [0.1, 0.15) is 290 Å². The van der Waals surface area contributed by atoms with Crippen LogP contribution in [0.2, 0.25) is 0 Å². The molecule has 0 aromatic heterocycles. The highest BCUT2D eigenvalue weighted by atomic mass is 16.7. The lowest BCUT2D eigenvalue weighted by Gasteiger charge is -2.41. The zero-order chi connectivity index (χ0) is 55.4. The Bertz CT molecular complexity index is 1420. The summed E-state index contributed by atoms with van der Waals surface area (Å²) in [5.41, 5.74) is 0. The summed E-state index contributed by atoms with van der Waals surface area (Å²) in [7, 11) is 0. The molecule has 0 saturated carbocycles. The average molecular weight is 1070 g/mol. The smallest absolute Gasteiger partial charge is 0.306 e. The van der Waals surface area contributed by atoms with Crippen molar-refractivity contribution in [3.63, 3.8) is 0 Å². The molecule has 8 unspecified atom stereocenters. The molecule has 1 rings (SSSR count). The third-order valence-corrected chi connectivity index (χ3v) is 15.0. The van der Waals surface area contributed by atoms with Crippen molar-refractivity contribution in [3.05, 3.63) is 48.6 Å². The Hall–Kier alpha value is -2.38. The topological polar surface area (TPSA) is 175 Å². The van der Waals surface area contributed by atoms with Gasteiger partial charge in [-0.1, -0.05) is 256 Å². The van der Waals surface area contributed by atoms with E-state index in [0.717, 1.165) is 83.5 Å². The minimum absolute atomic E-state index is 0.115. The molecular formula is C65H119NO10. The number of ether oxygens (including phenoxy) is 3. The predicted octanol–water partition coefficient (Wildman–Crippen LogP) is 15.2. The third-order valence-electron chi connectivity index (χ3n) is 15.0.